The molecule has 0 spiro atoms. The average molecular weight is 181 g/mol. The highest BCUT2D eigenvalue weighted by atomic mass is 32.1. The SMILES string of the molecule is NCCC=Cc1csc(C=O)c1. The number of thiophene rings is 1. The Morgan fingerprint density at radius 3 is 3.00 bits per heavy atom. The lowest BCUT2D eigenvalue weighted by atomic mass is 10.2. The van der Waals surface area contributed by atoms with Crippen molar-refractivity contribution >= 4 is 23.7 Å². The van der Waals surface area contributed by atoms with Gasteiger partial charge in [-0.3, -0.25) is 4.79 Å². The molecule has 1 heterocycles. The van der Waals surface area contributed by atoms with Gasteiger partial charge in [0.1, 0.15) is 0 Å². The minimum atomic E-state index is 0.668. The van der Waals surface area contributed by atoms with Crippen LogP contribution in [0.25, 0.3) is 6.08 Å². The topological polar surface area (TPSA) is 43.1 Å². The molecular formula is C9H11NOS. The fraction of sp³-hybridized carbons (Fsp3) is 0.222. The Kier molecular flexibility index (Phi) is 3.70. The van der Waals surface area contributed by atoms with E-state index in [9.17, 15) is 4.79 Å². The van der Waals surface area contributed by atoms with E-state index in [4.69, 9.17) is 5.73 Å². The number of hydrogen-bond donors (Lipinski definition) is 1. The lowest BCUT2D eigenvalue weighted by molar-refractivity contribution is 0.112. The van der Waals surface area contributed by atoms with Gasteiger partial charge in [0.15, 0.2) is 6.29 Å². The summed E-state index contributed by atoms with van der Waals surface area (Å²) in [6.45, 7) is 0.668. The molecule has 1 rings (SSSR count). The lowest BCUT2D eigenvalue weighted by Crippen LogP contribution is -1.94. The first kappa shape index (κ1) is 9.16. The van der Waals surface area contributed by atoms with Crippen LogP contribution in [0.15, 0.2) is 17.5 Å². The monoisotopic (exact) mass is 181 g/mol. The normalized spacial score (nSPS) is 10.8. The van der Waals surface area contributed by atoms with Crippen molar-refractivity contribution in [2.75, 3.05) is 6.54 Å². The molecule has 0 bridgehead atoms. The van der Waals surface area contributed by atoms with Gasteiger partial charge in [-0.05, 0) is 30.0 Å². The molecule has 0 radical (unpaired) electrons. The molecule has 2 nitrogen and oxygen atoms in total. The van der Waals surface area contributed by atoms with E-state index < -0.39 is 0 Å². The van der Waals surface area contributed by atoms with Crippen LogP contribution in [0.2, 0.25) is 0 Å². The molecule has 0 atom stereocenters. The van der Waals surface area contributed by atoms with Crippen LogP contribution < -0.4 is 5.73 Å². The Balaban J connectivity index is 2.57. The molecule has 0 aromatic carbocycles. The van der Waals surface area contributed by atoms with Gasteiger partial charge in [0, 0.05) is 0 Å². The largest absolute Gasteiger partial charge is 0.330 e. The Bertz CT molecular complexity index is 278. The average Bonchev–Trinajstić information content (AvgIpc) is 2.53. The Morgan fingerprint density at radius 2 is 2.42 bits per heavy atom. The predicted molar refractivity (Wildman–Crippen MR) is 52.4 cm³/mol. The summed E-state index contributed by atoms with van der Waals surface area (Å²) in [5.41, 5.74) is 6.40. The smallest absolute Gasteiger partial charge is 0.160 e. The fourth-order valence-corrected chi connectivity index (χ4v) is 1.51. The number of hydrogen-bond acceptors (Lipinski definition) is 3. The molecule has 1 aromatic rings. The van der Waals surface area contributed by atoms with Crippen LogP contribution in [0, 0.1) is 0 Å². The number of carbonyl (C=O) groups excluding carboxylic acids is 1. The van der Waals surface area contributed by atoms with Gasteiger partial charge in [0.25, 0.3) is 0 Å². The van der Waals surface area contributed by atoms with E-state index in [1.807, 2.05) is 23.6 Å². The first-order valence-corrected chi connectivity index (χ1v) is 4.65. The zero-order valence-corrected chi connectivity index (χ0v) is 7.51. The minimum Gasteiger partial charge on any atom is -0.330 e. The van der Waals surface area contributed by atoms with Gasteiger partial charge in [-0.15, -0.1) is 11.3 Å². The minimum absolute atomic E-state index is 0.668. The van der Waals surface area contributed by atoms with E-state index in [0.29, 0.717) is 6.54 Å². The zero-order valence-electron chi connectivity index (χ0n) is 6.69. The van der Waals surface area contributed by atoms with Crippen LogP contribution >= 0.6 is 11.3 Å². The van der Waals surface area contributed by atoms with Gasteiger partial charge >= 0.3 is 0 Å². The van der Waals surface area contributed by atoms with Crippen molar-refractivity contribution in [1.29, 1.82) is 0 Å². The van der Waals surface area contributed by atoms with Crippen LogP contribution in [-0.4, -0.2) is 12.8 Å². The molecule has 1 aromatic heterocycles. The summed E-state index contributed by atoms with van der Waals surface area (Å²) in [5, 5.41) is 1.96. The molecule has 64 valence electrons. The van der Waals surface area contributed by atoms with E-state index in [2.05, 4.69) is 0 Å². The highest BCUT2D eigenvalue weighted by Crippen LogP contribution is 2.13. The first-order chi connectivity index (χ1) is 5.86. The number of aldehydes is 1. The van der Waals surface area contributed by atoms with E-state index in [1.165, 1.54) is 11.3 Å². The van der Waals surface area contributed by atoms with E-state index >= 15 is 0 Å². The van der Waals surface area contributed by atoms with Crippen molar-refractivity contribution in [3.63, 3.8) is 0 Å². The lowest BCUT2D eigenvalue weighted by Gasteiger charge is -1.83. The molecular weight excluding hydrogens is 170 g/mol. The summed E-state index contributed by atoms with van der Waals surface area (Å²) in [6.07, 6.45) is 5.74. The van der Waals surface area contributed by atoms with Gasteiger partial charge in [0.05, 0.1) is 4.88 Å². The van der Waals surface area contributed by atoms with Gasteiger partial charge in [-0.1, -0.05) is 12.2 Å². The van der Waals surface area contributed by atoms with Gasteiger partial charge in [-0.25, -0.2) is 0 Å². The highest BCUT2D eigenvalue weighted by molar-refractivity contribution is 7.11. The second kappa shape index (κ2) is 4.85. The number of carbonyl (C=O) groups is 1. The number of rotatable bonds is 4. The molecule has 0 aliphatic carbocycles. The summed E-state index contributed by atoms with van der Waals surface area (Å²) in [7, 11) is 0. The number of nitrogens with two attached hydrogens (primary N) is 1. The summed E-state index contributed by atoms with van der Waals surface area (Å²) in [5.74, 6) is 0. The second-order valence-electron chi connectivity index (χ2n) is 2.38. The fourth-order valence-electron chi connectivity index (χ4n) is 0.833. The van der Waals surface area contributed by atoms with Crippen LogP contribution in [0.1, 0.15) is 21.7 Å². The maximum atomic E-state index is 10.3. The molecule has 0 aliphatic heterocycles. The third kappa shape index (κ3) is 2.60. The summed E-state index contributed by atoms with van der Waals surface area (Å²) < 4.78 is 0. The van der Waals surface area contributed by atoms with Crippen LogP contribution in [0.5, 0.6) is 0 Å². The summed E-state index contributed by atoms with van der Waals surface area (Å²) >= 11 is 1.46. The maximum Gasteiger partial charge on any atom is 0.160 e. The molecule has 12 heavy (non-hydrogen) atoms. The van der Waals surface area contributed by atoms with Gasteiger partial charge in [0.2, 0.25) is 0 Å². The van der Waals surface area contributed by atoms with Crippen molar-refractivity contribution in [1.82, 2.24) is 0 Å². The third-order valence-corrected chi connectivity index (χ3v) is 2.28. The summed E-state index contributed by atoms with van der Waals surface area (Å²) in [4.78, 5) is 11.1. The van der Waals surface area contributed by atoms with Gasteiger partial charge < -0.3 is 5.73 Å². The molecule has 0 saturated carbocycles. The molecule has 2 N–H and O–H groups in total. The second-order valence-corrected chi connectivity index (χ2v) is 3.32. The van der Waals surface area contributed by atoms with E-state index in [-0.39, 0.29) is 0 Å². The van der Waals surface area contributed by atoms with Crippen molar-refractivity contribution in [2.45, 2.75) is 6.42 Å². The first-order valence-electron chi connectivity index (χ1n) is 3.77. The van der Waals surface area contributed by atoms with Crippen molar-refractivity contribution < 1.29 is 4.79 Å². The predicted octanol–water partition coefficient (Wildman–Crippen LogP) is 1.92. The van der Waals surface area contributed by atoms with E-state index in [1.54, 1.807) is 0 Å². The maximum absolute atomic E-state index is 10.3. The Labute approximate surface area is 75.7 Å². The van der Waals surface area contributed by atoms with Crippen molar-refractivity contribution in [3.05, 3.63) is 28.0 Å². The van der Waals surface area contributed by atoms with E-state index in [0.717, 1.165) is 23.1 Å². The molecule has 0 amide bonds. The molecule has 0 fully saturated rings. The van der Waals surface area contributed by atoms with Gasteiger partial charge in [-0.2, -0.15) is 0 Å². The van der Waals surface area contributed by atoms with Crippen LogP contribution in [-0.2, 0) is 0 Å². The molecule has 0 unspecified atom stereocenters. The third-order valence-electron chi connectivity index (χ3n) is 1.40. The van der Waals surface area contributed by atoms with Crippen LogP contribution in [0.3, 0.4) is 0 Å². The standard InChI is InChI=1S/C9H11NOS/c10-4-2-1-3-8-5-9(6-11)12-7-8/h1,3,5-7H,2,4,10H2. The van der Waals surface area contributed by atoms with Crippen molar-refractivity contribution in [2.24, 2.45) is 5.73 Å². The Hall–Kier alpha value is -0.930. The zero-order chi connectivity index (χ0) is 8.81. The summed E-state index contributed by atoms with van der Waals surface area (Å²) in [6, 6.07) is 1.87. The highest BCUT2D eigenvalue weighted by Gasteiger charge is 1.93. The van der Waals surface area contributed by atoms with Crippen molar-refractivity contribution in [3.8, 4) is 0 Å². The van der Waals surface area contributed by atoms with Crippen LogP contribution in [0.4, 0.5) is 0 Å². The Morgan fingerprint density at radius 1 is 1.58 bits per heavy atom. The molecule has 0 saturated heterocycles. The molecule has 0 aliphatic rings. The quantitative estimate of drug-likeness (QED) is 0.721. The molecule has 3 heteroatoms.